The second kappa shape index (κ2) is 5.50. The third kappa shape index (κ3) is 2.98. The van der Waals surface area contributed by atoms with E-state index in [4.69, 9.17) is 14.9 Å². The fraction of sp³-hybridized carbons (Fsp3) is 0.333. The van der Waals surface area contributed by atoms with Crippen molar-refractivity contribution in [3.05, 3.63) is 29.8 Å². The zero-order valence-corrected chi connectivity index (χ0v) is 10.1. The van der Waals surface area contributed by atoms with Gasteiger partial charge in [0.25, 0.3) is 5.91 Å². The van der Waals surface area contributed by atoms with E-state index in [1.165, 1.54) is 26.2 Å². The van der Waals surface area contributed by atoms with Crippen molar-refractivity contribution < 1.29 is 24.5 Å². The Morgan fingerprint density at radius 1 is 1.33 bits per heavy atom. The van der Waals surface area contributed by atoms with Crippen LogP contribution in [0.5, 0.6) is 5.75 Å². The van der Waals surface area contributed by atoms with Gasteiger partial charge < -0.3 is 20.3 Å². The number of hydrogen-bond acceptors (Lipinski definition) is 4. The van der Waals surface area contributed by atoms with Crippen LogP contribution < -0.4 is 10.1 Å². The number of carboxylic acid groups (broad SMARTS) is 1. The first kappa shape index (κ1) is 14.0. The fourth-order valence-electron chi connectivity index (χ4n) is 1.23. The number of ether oxygens (including phenoxy) is 1. The summed E-state index contributed by atoms with van der Waals surface area (Å²) in [6.07, 6.45) is 0. The Hall–Kier alpha value is -2.08. The molecule has 6 heteroatoms. The van der Waals surface area contributed by atoms with E-state index in [-0.39, 0.29) is 5.56 Å². The summed E-state index contributed by atoms with van der Waals surface area (Å²) in [5.74, 6) is -1.28. The van der Waals surface area contributed by atoms with Gasteiger partial charge in [-0.15, -0.1) is 0 Å². The lowest BCUT2D eigenvalue weighted by atomic mass is 10.0. The molecule has 98 valence electrons. The van der Waals surface area contributed by atoms with Gasteiger partial charge in [0.2, 0.25) is 0 Å². The van der Waals surface area contributed by atoms with Crippen LogP contribution in [0.2, 0.25) is 0 Å². The maximum Gasteiger partial charge on any atom is 0.331 e. The van der Waals surface area contributed by atoms with Crippen molar-refractivity contribution in [2.75, 3.05) is 13.7 Å². The van der Waals surface area contributed by atoms with Gasteiger partial charge in [-0.2, -0.15) is 0 Å². The van der Waals surface area contributed by atoms with Crippen LogP contribution in [0.25, 0.3) is 0 Å². The first-order chi connectivity index (χ1) is 8.42. The molecular formula is C12H15NO5. The molecule has 0 aromatic heterocycles. The summed E-state index contributed by atoms with van der Waals surface area (Å²) >= 11 is 0. The molecule has 0 aliphatic rings. The summed E-state index contributed by atoms with van der Waals surface area (Å²) in [6.45, 7) is 0.543. The molecule has 0 spiro atoms. The number of hydrogen-bond donors (Lipinski definition) is 3. The third-order valence-electron chi connectivity index (χ3n) is 2.53. The molecule has 1 aromatic carbocycles. The summed E-state index contributed by atoms with van der Waals surface area (Å²) < 4.78 is 4.94. The summed E-state index contributed by atoms with van der Waals surface area (Å²) in [5.41, 5.74) is -1.41. The average molecular weight is 253 g/mol. The van der Waals surface area contributed by atoms with Gasteiger partial charge in [-0.05, 0) is 31.2 Å². The maximum atomic E-state index is 11.8. The topological polar surface area (TPSA) is 95.9 Å². The van der Waals surface area contributed by atoms with Gasteiger partial charge in [-0.25, -0.2) is 4.79 Å². The highest BCUT2D eigenvalue weighted by Crippen LogP contribution is 2.12. The van der Waals surface area contributed by atoms with E-state index in [1.807, 2.05) is 0 Å². The van der Waals surface area contributed by atoms with Crippen LogP contribution in [-0.4, -0.2) is 41.3 Å². The second-order valence-electron chi connectivity index (χ2n) is 3.98. The monoisotopic (exact) mass is 253 g/mol. The molecule has 0 heterocycles. The van der Waals surface area contributed by atoms with Gasteiger partial charge in [0.1, 0.15) is 5.75 Å². The Balaban J connectivity index is 2.84. The van der Waals surface area contributed by atoms with E-state index >= 15 is 0 Å². The van der Waals surface area contributed by atoms with E-state index in [9.17, 15) is 9.59 Å². The van der Waals surface area contributed by atoms with Crippen molar-refractivity contribution in [3.63, 3.8) is 0 Å². The van der Waals surface area contributed by atoms with Crippen LogP contribution in [0.3, 0.4) is 0 Å². The average Bonchev–Trinajstić information content (AvgIpc) is 2.38. The largest absolute Gasteiger partial charge is 0.497 e. The van der Waals surface area contributed by atoms with Crippen molar-refractivity contribution in [1.29, 1.82) is 0 Å². The van der Waals surface area contributed by atoms with Crippen molar-refractivity contribution in [3.8, 4) is 5.75 Å². The molecular weight excluding hydrogens is 238 g/mol. The lowest BCUT2D eigenvalue weighted by molar-refractivity contribution is -0.145. The van der Waals surface area contributed by atoms with Crippen LogP contribution >= 0.6 is 0 Å². The molecule has 1 aromatic rings. The van der Waals surface area contributed by atoms with Crippen molar-refractivity contribution >= 4 is 11.9 Å². The quantitative estimate of drug-likeness (QED) is 0.699. The van der Waals surface area contributed by atoms with E-state index in [1.54, 1.807) is 12.1 Å². The van der Waals surface area contributed by atoms with Gasteiger partial charge in [-0.3, -0.25) is 4.79 Å². The molecule has 6 nitrogen and oxygen atoms in total. The van der Waals surface area contributed by atoms with Crippen molar-refractivity contribution in [2.45, 2.75) is 12.5 Å². The molecule has 0 fully saturated rings. The number of rotatable bonds is 5. The molecule has 0 bridgehead atoms. The van der Waals surface area contributed by atoms with E-state index in [2.05, 4.69) is 5.32 Å². The van der Waals surface area contributed by atoms with E-state index in [0.717, 1.165) is 0 Å². The Morgan fingerprint density at radius 2 is 1.89 bits per heavy atom. The number of carbonyl (C=O) groups excluding carboxylic acids is 1. The van der Waals surface area contributed by atoms with Gasteiger partial charge in [-0.1, -0.05) is 0 Å². The van der Waals surface area contributed by atoms with E-state index in [0.29, 0.717) is 5.75 Å². The predicted octanol–water partition coefficient (Wildman–Crippen LogP) is 0.261. The molecule has 0 aliphatic carbocycles. The van der Waals surface area contributed by atoms with E-state index < -0.39 is 24.0 Å². The second-order valence-corrected chi connectivity index (χ2v) is 3.98. The minimum absolute atomic E-state index is 0.289. The molecule has 1 amide bonds. The highest BCUT2D eigenvalue weighted by molar-refractivity contribution is 5.97. The smallest absolute Gasteiger partial charge is 0.331 e. The Labute approximate surface area is 104 Å². The minimum atomic E-state index is -1.70. The highest BCUT2D eigenvalue weighted by Gasteiger charge is 2.34. The molecule has 0 radical (unpaired) electrons. The normalized spacial score (nSPS) is 13.5. The highest BCUT2D eigenvalue weighted by atomic mass is 16.5. The minimum Gasteiger partial charge on any atom is -0.497 e. The lowest BCUT2D eigenvalue weighted by Crippen LogP contribution is -2.54. The number of aliphatic hydroxyl groups excluding tert-OH is 1. The standard InChI is InChI=1S/C12H15NO5/c1-12(7-14,11(16)17)13-10(15)8-3-5-9(18-2)6-4-8/h3-6,14H,7H2,1-2H3,(H,13,15)(H,16,17). The number of amides is 1. The predicted molar refractivity (Wildman–Crippen MR) is 63.6 cm³/mol. The SMILES string of the molecule is COc1ccc(C(=O)NC(C)(CO)C(=O)O)cc1. The molecule has 0 aliphatic heterocycles. The van der Waals surface area contributed by atoms with Crippen molar-refractivity contribution in [2.24, 2.45) is 0 Å². The zero-order chi connectivity index (χ0) is 13.8. The number of aliphatic carboxylic acids is 1. The maximum absolute atomic E-state index is 11.8. The number of nitrogens with one attached hydrogen (secondary N) is 1. The summed E-state index contributed by atoms with van der Waals surface area (Å²) in [7, 11) is 1.50. The first-order valence-corrected chi connectivity index (χ1v) is 5.24. The number of carbonyl (C=O) groups is 2. The van der Waals surface area contributed by atoms with Gasteiger partial charge in [0, 0.05) is 5.56 Å². The molecule has 3 N–H and O–H groups in total. The molecule has 1 rings (SSSR count). The number of carboxylic acids is 1. The number of benzene rings is 1. The third-order valence-corrected chi connectivity index (χ3v) is 2.53. The lowest BCUT2D eigenvalue weighted by Gasteiger charge is -2.23. The summed E-state index contributed by atoms with van der Waals surface area (Å²) in [5, 5.41) is 20.2. The van der Waals surface area contributed by atoms with Gasteiger partial charge in [0.15, 0.2) is 5.54 Å². The van der Waals surface area contributed by atoms with Crippen molar-refractivity contribution in [1.82, 2.24) is 5.32 Å². The molecule has 0 saturated heterocycles. The Kier molecular flexibility index (Phi) is 4.28. The molecule has 0 saturated carbocycles. The van der Waals surface area contributed by atoms with Crippen LogP contribution in [0.4, 0.5) is 0 Å². The Morgan fingerprint density at radius 3 is 2.28 bits per heavy atom. The van der Waals surface area contributed by atoms with Crippen LogP contribution in [0.1, 0.15) is 17.3 Å². The summed E-state index contributed by atoms with van der Waals surface area (Å²) in [6, 6.07) is 6.19. The van der Waals surface area contributed by atoms with Crippen LogP contribution in [0, 0.1) is 0 Å². The van der Waals surface area contributed by atoms with Gasteiger partial charge in [0.05, 0.1) is 13.7 Å². The summed E-state index contributed by atoms with van der Waals surface area (Å²) in [4.78, 5) is 22.7. The number of methoxy groups -OCH3 is 1. The van der Waals surface area contributed by atoms with Crippen LogP contribution in [-0.2, 0) is 4.79 Å². The first-order valence-electron chi connectivity index (χ1n) is 5.24. The fourth-order valence-corrected chi connectivity index (χ4v) is 1.23. The van der Waals surface area contributed by atoms with Gasteiger partial charge >= 0.3 is 5.97 Å². The number of aliphatic hydroxyl groups is 1. The molecule has 1 atom stereocenters. The molecule has 1 unspecified atom stereocenters. The molecule has 18 heavy (non-hydrogen) atoms. The zero-order valence-electron chi connectivity index (χ0n) is 10.1. The Bertz CT molecular complexity index is 442. The van der Waals surface area contributed by atoms with Crippen LogP contribution in [0.15, 0.2) is 24.3 Å².